The van der Waals surface area contributed by atoms with Gasteiger partial charge in [0.15, 0.2) is 0 Å². The summed E-state index contributed by atoms with van der Waals surface area (Å²) >= 11 is 0. The quantitative estimate of drug-likeness (QED) is 0.0864. The van der Waals surface area contributed by atoms with Crippen molar-refractivity contribution in [1.82, 2.24) is 45.9 Å². The van der Waals surface area contributed by atoms with Crippen LogP contribution in [0.2, 0.25) is 0 Å². The van der Waals surface area contributed by atoms with Crippen molar-refractivity contribution in [1.29, 1.82) is 0 Å². The van der Waals surface area contributed by atoms with Crippen LogP contribution in [0.25, 0.3) is 0 Å². The van der Waals surface area contributed by atoms with Crippen molar-refractivity contribution in [3.8, 4) is 0 Å². The topological polar surface area (TPSA) is 237 Å². The first-order chi connectivity index (χ1) is 20.3. The average molecular weight is 577 g/mol. The summed E-state index contributed by atoms with van der Waals surface area (Å²) in [5.41, 5.74) is 8.55. The molecule has 0 saturated carbocycles. The van der Waals surface area contributed by atoms with Gasteiger partial charge in [-0.25, -0.2) is 19.7 Å². The van der Waals surface area contributed by atoms with Crippen LogP contribution in [0.1, 0.15) is 22.6 Å². The number of hydrogen-bond donors (Lipinski definition) is 8. The fraction of sp³-hybridized carbons (Fsp3) is 0.296. The van der Waals surface area contributed by atoms with Crippen molar-refractivity contribution in [2.75, 3.05) is 0 Å². The second-order valence-corrected chi connectivity index (χ2v) is 9.66. The maximum Gasteiger partial charge on any atom is 0.326 e. The number of imidazole rings is 3. The van der Waals surface area contributed by atoms with Gasteiger partial charge in [0.2, 0.25) is 17.7 Å². The second-order valence-electron chi connectivity index (χ2n) is 9.66. The molecule has 3 amide bonds. The van der Waals surface area contributed by atoms with E-state index in [1.807, 2.05) is 6.07 Å². The Morgan fingerprint density at radius 2 is 1.12 bits per heavy atom. The number of carbonyl (C=O) groups is 4. The molecule has 4 rings (SSSR count). The molecule has 1 aromatic carbocycles. The molecule has 0 spiro atoms. The monoisotopic (exact) mass is 576 g/mol. The molecule has 15 nitrogen and oxygen atoms in total. The van der Waals surface area contributed by atoms with Crippen molar-refractivity contribution >= 4 is 23.7 Å². The Balaban J connectivity index is 1.51. The molecule has 4 unspecified atom stereocenters. The predicted octanol–water partition coefficient (Wildman–Crippen LogP) is -1.01. The van der Waals surface area contributed by atoms with Gasteiger partial charge in [-0.1, -0.05) is 30.3 Å². The summed E-state index contributed by atoms with van der Waals surface area (Å²) in [4.78, 5) is 72.2. The van der Waals surface area contributed by atoms with E-state index in [0.717, 1.165) is 5.56 Å². The van der Waals surface area contributed by atoms with Crippen LogP contribution in [0, 0.1) is 0 Å². The van der Waals surface area contributed by atoms with Crippen LogP contribution in [0.3, 0.4) is 0 Å². The fourth-order valence-corrected chi connectivity index (χ4v) is 4.25. The zero-order valence-corrected chi connectivity index (χ0v) is 22.5. The van der Waals surface area contributed by atoms with Gasteiger partial charge in [-0.3, -0.25) is 14.4 Å². The van der Waals surface area contributed by atoms with Gasteiger partial charge < -0.3 is 41.7 Å². The number of aliphatic carboxylic acids is 1. The first-order valence-corrected chi connectivity index (χ1v) is 13.1. The molecule has 42 heavy (non-hydrogen) atoms. The van der Waals surface area contributed by atoms with E-state index in [9.17, 15) is 24.3 Å². The number of nitrogens with one attached hydrogen (secondary N) is 6. The molecule has 0 aliphatic carbocycles. The summed E-state index contributed by atoms with van der Waals surface area (Å²) in [5.74, 6) is -3.21. The van der Waals surface area contributed by atoms with E-state index in [1.165, 1.54) is 31.4 Å². The molecule has 0 fully saturated rings. The molecule has 0 bridgehead atoms. The minimum atomic E-state index is -1.29. The largest absolute Gasteiger partial charge is 0.480 e. The van der Waals surface area contributed by atoms with Crippen LogP contribution in [0.4, 0.5) is 0 Å². The van der Waals surface area contributed by atoms with Crippen LogP contribution >= 0.6 is 0 Å². The molecular formula is C27H32N10O5. The zero-order valence-electron chi connectivity index (χ0n) is 22.5. The number of amides is 3. The summed E-state index contributed by atoms with van der Waals surface area (Å²) in [5, 5.41) is 17.6. The Morgan fingerprint density at radius 3 is 1.62 bits per heavy atom. The van der Waals surface area contributed by atoms with E-state index in [0.29, 0.717) is 17.1 Å². The zero-order chi connectivity index (χ0) is 29.9. The highest BCUT2D eigenvalue weighted by molar-refractivity contribution is 5.94. The molecule has 220 valence electrons. The lowest BCUT2D eigenvalue weighted by Crippen LogP contribution is -2.58. The van der Waals surface area contributed by atoms with Crippen LogP contribution in [0.5, 0.6) is 0 Å². The third-order valence-corrected chi connectivity index (χ3v) is 6.45. The van der Waals surface area contributed by atoms with Crippen molar-refractivity contribution in [3.05, 3.63) is 90.5 Å². The molecular weight excluding hydrogens is 544 g/mol. The van der Waals surface area contributed by atoms with Crippen molar-refractivity contribution < 1.29 is 24.3 Å². The number of nitrogens with zero attached hydrogens (tertiary/aromatic N) is 3. The number of carboxylic acids is 1. The first-order valence-electron chi connectivity index (χ1n) is 13.1. The summed E-state index contributed by atoms with van der Waals surface area (Å²) in [6.45, 7) is 0. The molecule has 3 aromatic heterocycles. The van der Waals surface area contributed by atoms with Crippen molar-refractivity contribution in [3.63, 3.8) is 0 Å². The van der Waals surface area contributed by atoms with Gasteiger partial charge in [0.25, 0.3) is 0 Å². The Labute approximate surface area is 240 Å². The van der Waals surface area contributed by atoms with Crippen molar-refractivity contribution in [2.45, 2.75) is 49.9 Å². The number of hydrogen-bond acceptors (Lipinski definition) is 8. The third-order valence-electron chi connectivity index (χ3n) is 6.45. The highest BCUT2D eigenvalue weighted by atomic mass is 16.4. The van der Waals surface area contributed by atoms with E-state index in [4.69, 9.17) is 5.73 Å². The number of rotatable bonds is 15. The molecule has 0 aliphatic heterocycles. The Kier molecular flexibility index (Phi) is 10.1. The van der Waals surface area contributed by atoms with E-state index < -0.39 is 47.9 Å². The van der Waals surface area contributed by atoms with Crippen molar-refractivity contribution in [2.24, 2.45) is 5.73 Å². The SMILES string of the molecule is NC(Cc1cnc[nH]1)C(=O)NC(Cc1ccccc1)C(=O)NC(Cc1cnc[nH]1)C(=O)NC(Cc1cnc[nH]1)C(=O)O. The first kappa shape index (κ1) is 29.7. The minimum Gasteiger partial charge on any atom is -0.480 e. The summed E-state index contributed by atoms with van der Waals surface area (Å²) in [6.07, 6.45) is 9.02. The van der Waals surface area contributed by atoms with Crippen LogP contribution < -0.4 is 21.7 Å². The normalized spacial score (nSPS) is 13.8. The lowest BCUT2D eigenvalue weighted by atomic mass is 10.0. The molecule has 4 aromatic rings. The van der Waals surface area contributed by atoms with Gasteiger partial charge in [0, 0.05) is 61.4 Å². The van der Waals surface area contributed by atoms with Gasteiger partial charge >= 0.3 is 5.97 Å². The highest BCUT2D eigenvalue weighted by Gasteiger charge is 2.31. The molecule has 0 saturated heterocycles. The number of nitrogens with two attached hydrogens (primary N) is 1. The number of benzene rings is 1. The maximum atomic E-state index is 13.6. The Hall–Kier alpha value is -5.31. The summed E-state index contributed by atoms with van der Waals surface area (Å²) < 4.78 is 0. The number of aromatic amines is 3. The lowest BCUT2D eigenvalue weighted by Gasteiger charge is -2.25. The third kappa shape index (κ3) is 8.59. The van der Waals surface area contributed by atoms with Crippen LogP contribution in [-0.2, 0) is 44.9 Å². The number of H-pyrrole nitrogens is 3. The van der Waals surface area contributed by atoms with E-state index in [-0.39, 0.29) is 25.7 Å². The van der Waals surface area contributed by atoms with Crippen LogP contribution in [-0.4, -0.2) is 82.9 Å². The number of carbonyl (C=O) groups excluding carboxylic acids is 3. The average Bonchev–Trinajstić information content (AvgIpc) is 3.77. The Morgan fingerprint density at radius 1 is 0.667 bits per heavy atom. The maximum absolute atomic E-state index is 13.6. The van der Waals surface area contributed by atoms with E-state index in [1.54, 1.807) is 30.5 Å². The smallest absolute Gasteiger partial charge is 0.326 e. The molecule has 15 heteroatoms. The summed E-state index contributed by atoms with van der Waals surface area (Å²) in [6, 6.07) is 4.48. The van der Waals surface area contributed by atoms with Crippen LogP contribution in [0.15, 0.2) is 67.9 Å². The number of carboxylic acid groups (broad SMARTS) is 1. The molecule has 9 N–H and O–H groups in total. The molecule has 0 aliphatic rings. The standard InChI is InChI=1S/C27H32N10O5/c28-20(7-17-10-29-13-32-17)24(38)35-21(6-16-4-2-1-3-5-16)25(39)36-22(8-18-11-30-14-33-18)26(40)37-23(27(41)42)9-19-12-31-15-34-19/h1-5,10-15,20-23H,6-9,28H2,(H,29,32)(H,30,33)(H,31,34)(H,35,38)(H,36,39)(H,37,40)(H,41,42). The van der Waals surface area contributed by atoms with Gasteiger partial charge in [-0.15, -0.1) is 0 Å². The molecule has 4 atom stereocenters. The van der Waals surface area contributed by atoms with Gasteiger partial charge in [0.1, 0.15) is 18.1 Å². The fourth-order valence-electron chi connectivity index (χ4n) is 4.25. The van der Waals surface area contributed by atoms with E-state index in [2.05, 4.69) is 45.9 Å². The predicted molar refractivity (Wildman–Crippen MR) is 148 cm³/mol. The highest BCUT2D eigenvalue weighted by Crippen LogP contribution is 2.08. The van der Waals surface area contributed by atoms with Gasteiger partial charge in [0.05, 0.1) is 25.0 Å². The Bertz CT molecular complexity index is 1430. The number of aromatic nitrogens is 6. The lowest BCUT2D eigenvalue weighted by molar-refractivity contribution is -0.142. The molecule has 0 radical (unpaired) electrons. The van der Waals surface area contributed by atoms with Gasteiger partial charge in [-0.05, 0) is 5.56 Å². The van der Waals surface area contributed by atoms with E-state index >= 15 is 0 Å². The summed E-state index contributed by atoms with van der Waals surface area (Å²) in [7, 11) is 0. The second kappa shape index (κ2) is 14.4. The van der Waals surface area contributed by atoms with Gasteiger partial charge in [-0.2, -0.15) is 0 Å². The minimum absolute atomic E-state index is 0.0146. The molecule has 3 heterocycles.